The van der Waals surface area contributed by atoms with Crippen LogP contribution in [0.25, 0.3) is 0 Å². The van der Waals surface area contributed by atoms with Crippen molar-refractivity contribution in [2.45, 2.75) is 6.10 Å². The SMILES string of the molecule is COc1cccc(C(O)COc2c(Cl)cc(Cl)cc2Cl)c1. The maximum absolute atomic E-state index is 10.1. The summed E-state index contributed by atoms with van der Waals surface area (Å²) in [5.41, 5.74) is 0.676. The Morgan fingerprint density at radius 2 is 1.76 bits per heavy atom. The Labute approximate surface area is 138 Å². The minimum atomic E-state index is -0.831. The van der Waals surface area contributed by atoms with Crippen LogP contribution in [0.5, 0.6) is 11.5 Å². The van der Waals surface area contributed by atoms with Gasteiger partial charge >= 0.3 is 0 Å². The van der Waals surface area contributed by atoms with Crippen LogP contribution in [0.15, 0.2) is 36.4 Å². The van der Waals surface area contributed by atoms with Crippen molar-refractivity contribution in [1.29, 1.82) is 0 Å². The second-order valence-electron chi connectivity index (χ2n) is 4.30. The summed E-state index contributed by atoms with van der Waals surface area (Å²) >= 11 is 17.9. The van der Waals surface area contributed by atoms with Crippen molar-refractivity contribution in [3.63, 3.8) is 0 Å². The Morgan fingerprint density at radius 1 is 1.10 bits per heavy atom. The number of hydrogen-bond acceptors (Lipinski definition) is 3. The molecular formula is C15H13Cl3O3. The third-order valence-electron chi connectivity index (χ3n) is 2.83. The summed E-state index contributed by atoms with van der Waals surface area (Å²) in [4.78, 5) is 0. The van der Waals surface area contributed by atoms with Gasteiger partial charge in [0.1, 0.15) is 18.5 Å². The molecular weight excluding hydrogens is 335 g/mol. The smallest absolute Gasteiger partial charge is 0.156 e. The van der Waals surface area contributed by atoms with Crippen molar-refractivity contribution in [3.05, 3.63) is 57.0 Å². The summed E-state index contributed by atoms with van der Waals surface area (Å²) < 4.78 is 10.6. The predicted octanol–water partition coefficient (Wildman–Crippen LogP) is 4.77. The highest BCUT2D eigenvalue weighted by Crippen LogP contribution is 2.36. The van der Waals surface area contributed by atoms with E-state index in [1.807, 2.05) is 0 Å². The number of aliphatic hydroxyl groups excluding tert-OH is 1. The highest BCUT2D eigenvalue weighted by molar-refractivity contribution is 6.40. The van der Waals surface area contributed by atoms with Crippen molar-refractivity contribution in [3.8, 4) is 11.5 Å². The average molecular weight is 348 g/mol. The molecule has 0 aliphatic carbocycles. The molecule has 0 saturated carbocycles. The van der Waals surface area contributed by atoms with Gasteiger partial charge in [-0.15, -0.1) is 0 Å². The molecule has 1 unspecified atom stereocenters. The van der Waals surface area contributed by atoms with E-state index in [2.05, 4.69) is 0 Å². The fraction of sp³-hybridized carbons (Fsp3) is 0.200. The largest absolute Gasteiger partial charge is 0.497 e. The molecule has 0 spiro atoms. The molecule has 0 aliphatic heterocycles. The van der Waals surface area contributed by atoms with Gasteiger partial charge in [-0.2, -0.15) is 0 Å². The molecule has 0 aliphatic rings. The molecule has 3 nitrogen and oxygen atoms in total. The summed E-state index contributed by atoms with van der Waals surface area (Å²) in [6.07, 6.45) is -0.831. The zero-order chi connectivity index (χ0) is 15.4. The molecule has 0 aromatic heterocycles. The average Bonchev–Trinajstić information content (AvgIpc) is 2.46. The van der Waals surface area contributed by atoms with E-state index in [1.54, 1.807) is 31.4 Å². The quantitative estimate of drug-likeness (QED) is 0.847. The van der Waals surface area contributed by atoms with Crippen LogP contribution in [0.3, 0.4) is 0 Å². The third-order valence-corrected chi connectivity index (χ3v) is 3.61. The van der Waals surface area contributed by atoms with E-state index in [9.17, 15) is 5.11 Å². The number of halogens is 3. The van der Waals surface area contributed by atoms with E-state index in [4.69, 9.17) is 44.3 Å². The lowest BCUT2D eigenvalue weighted by Crippen LogP contribution is -2.10. The van der Waals surface area contributed by atoms with Crippen molar-refractivity contribution in [2.24, 2.45) is 0 Å². The number of benzene rings is 2. The molecule has 21 heavy (non-hydrogen) atoms. The van der Waals surface area contributed by atoms with Crippen LogP contribution in [0, 0.1) is 0 Å². The zero-order valence-electron chi connectivity index (χ0n) is 11.1. The van der Waals surface area contributed by atoms with Crippen LogP contribution < -0.4 is 9.47 Å². The second kappa shape index (κ2) is 7.23. The standard InChI is InChI=1S/C15H13Cl3O3/c1-20-11-4-2-3-9(5-11)14(19)8-21-15-12(17)6-10(16)7-13(15)18/h2-7,14,19H,8H2,1H3. The Hall–Kier alpha value is -1.13. The highest BCUT2D eigenvalue weighted by Gasteiger charge is 2.14. The number of rotatable bonds is 5. The molecule has 0 bridgehead atoms. The molecule has 6 heteroatoms. The van der Waals surface area contributed by atoms with Gasteiger partial charge in [0.05, 0.1) is 17.2 Å². The van der Waals surface area contributed by atoms with Crippen LogP contribution in [-0.4, -0.2) is 18.8 Å². The first-order valence-corrected chi connectivity index (χ1v) is 7.24. The molecule has 2 aromatic rings. The molecule has 1 N–H and O–H groups in total. The van der Waals surface area contributed by atoms with E-state index in [-0.39, 0.29) is 6.61 Å². The monoisotopic (exact) mass is 346 g/mol. The summed E-state index contributed by atoms with van der Waals surface area (Å²) in [5, 5.41) is 11.2. The van der Waals surface area contributed by atoms with E-state index < -0.39 is 6.10 Å². The first-order valence-electron chi connectivity index (χ1n) is 6.10. The summed E-state index contributed by atoms with van der Waals surface area (Å²) in [6, 6.07) is 10.2. The number of ether oxygens (including phenoxy) is 2. The van der Waals surface area contributed by atoms with Gasteiger partial charge in [0.15, 0.2) is 5.75 Å². The van der Waals surface area contributed by atoms with Crippen molar-refractivity contribution < 1.29 is 14.6 Å². The van der Waals surface area contributed by atoms with Gasteiger partial charge in [-0.3, -0.25) is 0 Å². The molecule has 2 rings (SSSR count). The van der Waals surface area contributed by atoms with E-state index >= 15 is 0 Å². The maximum atomic E-state index is 10.1. The van der Waals surface area contributed by atoms with Crippen LogP contribution in [-0.2, 0) is 0 Å². The molecule has 0 amide bonds. The molecule has 0 radical (unpaired) electrons. The summed E-state index contributed by atoms with van der Waals surface area (Å²) in [6.45, 7) is 0.00817. The lowest BCUT2D eigenvalue weighted by atomic mass is 10.1. The van der Waals surface area contributed by atoms with Crippen molar-refractivity contribution >= 4 is 34.8 Å². The van der Waals surface area contributed by atoms with Crippen LogP contribution in [0.4, 0.5) is 0 Å². The minimum absolute atomic E-state index is 0.00817. The van der Waals surface area contributed by atoms with Crippen LogP contribution in [0.1, 0.15) is 11.7 Å². The minimum Gasteiger partial charge on any atom is -0.497 e. The van der Waals surface area contributed by atoms with Crippen molar-refractivity contribution in [1.82, 2.24) is 0 Å². The van der Waals surface area contributed by atoms with Gasteiger partial charge in [-0.1, -0.05) is 46.9 Å². The summed E-state index contributed by atoms with van der Waals surface area (Å²) in [5.74, 6) is 0.957. The first-order chi connectivity index (χ1) is 10.0. The van der Waals surface area contributed by atoms with Gasteiger partial charge in [0.2, 0.25) is 0 Å². The number of methoxy groups -OCH3 is 1. The molecule has 0 heterocycles. The van der Waals surface area contributed by atoms with Gasteiger partial charge in [-0.05, 0) is 29.8 Å². The number of aliphatic hydroxyl groups is 1. The Balaban J connectivity index is 2.09. The van der Waals surface area contributed by atoms with Gasteiger partial charge in [-0.25, -0.2) is 0 Å². The first kappa shape index (κ1) is 16.2. The normalized spacial score (nSPS) is 12.0. The molecule has 1 atom stereocenters. The fourth-order valence-electron chi connectivity index (χ4n) is 1.77. The van der Waals surface area contributed by atoms with Gasteiger partial charge < -0.3 is 14.6 Å². The lowest BCUT2D eigenvalue weighted by molar-refractivity contribution is 0.108. The second-order valence-corrected chi connectivity index (χ2v) is 5.55. The van der Waals surface area contributed by atoms with Crippen LogP contribution >= 0.6 is 34.8 Å². The summed E-state index contributed by atoms with van der Waals surface area (Å²) in [7, 11) is 1.56. The topological polar surface area (TPSA) is 38.7 Å². The molecule has 2 aromatic carbocycles. The maximum Gasteiger partial charge on any atom is 0.156 e. The number of hydrogen-bond donors (Lipinski definition) is 1. The Kier molecular flexibility index (Phi) is 5.59. The van der Waals surface area contributed by atoms with Crippen LogP contribution in [0.2, 0.25) is 15.1 Å². The van der Waals surface area contributed by atoms with E-state index in [0.717, 1.165) is 0 Å². The fourth-order valence-corrected chi connectivity index (χ4v) is 2.70. The third kappa shape index (κ3) is 4.17. The predicted molar refractivity (Wildman–Crippen MR) is 84.9 cm³/mol. The van der Waals surface area contributed by atoms with E-state index in [0.29, 0.717) is 32.1 Å². The molecule has 0 saturated heterocycles. The lowest BCUT2D eigenvalue weighted by Gasteiger charge is -2.15. The molecule has 0 fully saturated rings. The molecule has 112 valence electrons. The highest BCUT2D eigenvalue weighted by atomic mass is 35.5. The van der Waals surface area contributed by atoms with Gasteiger partial charge in [0.25, 0.3) is 0 Å². The van der Waals surface area contributed by atoms with E-state index in [1.165, 1.54) is 12.1 Å². The van der Waals surface area contributed by atoms with Gasteiger partial charge in [0, 0.05) is 5.02 Å². The van der Waals surface area contributed by atoms with Crippen molar-refractivity contribution in [2.75, 3.05) is 13.7 Å². The zero-order valence-corrected chi connectivity index (χ0v) is 13.4. The Morgan fingerprint density at radius 3 is 2.38 bits per heavy atom. The Bertz CT molecular complexity index is 608.